The number of rotatable bonds is 8. The van der Waals surface area contributed by atoms with E-state index < -0.39 is 0 Å². The molecule has 3 aromatic rings. The zero-order valence-corrected chi connectivity index (χ0v) is 19.7. The summed E-state index contributed by atoms with van der Waals surface area (Å²) in [6, 6.07) is 16.4. The van der Waals surface area contributed by atoms with Gasteiger partial charge in [-0.1, -0.05) is 15.9 Å². The van der Waals surface area contributed by atoms with E-state index in [1.54, 1.807) is 37.4 Å². The summed E-state index contributed by atoms with van der Waals surface area (Å²) in [5, 5.41) is 4.05. The highest BCUT2D eigenvalue weighted by molar-refractivity contribution is 9.10. The second-order valence-electron chi connectivity index (χ2n) is 6.96. The van der Waals surface area contributed by atoms with Gasteiger partial charge in [-0.2, -0.15) is 5.10 Å². The first-order valence-corrected chi connectivity index (χ1v) is 10.8. The lowest BCUT2D eigenvalue weighted by Gasteiger charge is -2.10. The first kappa shape index (κ1) is 23.3. The van der Waals surface area contributed by atoms with Crippen LogP contribution in [0.2, 0.25) is 0 Å². The largest absolute Gasteiger partial charge is 0.484 e. The van der Waals surface area contributed by atoms with Crippen molar-refractivity contribution in [3.63, 3.8) is 0 Å². The second-order valence-corrected chi connectivity index (χ2v) is 7.88. The molecule has 0 aliphatic heterocycles. The Bertz CT molecular complexity index is 1120. The molecule has 2 aromatic carbocycles. The third-order valence-electron chi connectivity index (χ3n) is 4.68. The predicted octanol–water partition coefficient (Wildman–Crippen LogP) is 4.56. The summed E-state index contributed by atoms with van der Waals surface area (Å²) in [5.41, 5.74) is 6.72. The fourth-order valence-electron chi connectivity index (χ4n) is 3.16. The lowest BCUT2D eigenvalue weighted by molar-refractivity contribution is -0.123. The van der Waals surface area contributed by atoms with Crippen LogP contribution in [0.5, 0.6) is 5.75 Å². The molecule has 1 N–H and O–H groups in total. The molecule has 166 valence electrons. The number of hydrogen-bond acceptors (Lipinski definition) is 5. The van der Waals surface area contributed by atoms with E-state index in [1.807, 2.05) is 44.2 Å². The van der Waals surface area contributed by atoms with Crippen LogP contribution in [0.4, 0.5) is 0 Å². The number of nitrogens with zero attached hydrogens (tertiary/aromatic N) is 2. The van der Waals surface area contributed by atoms with Gasteiger partial charge in [0.1, 0.15) is 5.75 Å². The maximum absolute atomic E-state index is 12.0. The highest BCUT2D eigenvalue weighted by atomic mass is 79.9. The van der Waals surface area contributed by atoms with Gasteiger partial charge in [-0.3, -0.25) is 4.79 Å². The smallest absolute Gasteiger partial charge is 0.338 e. The quantitative estimate of drug-likeness (QED) is 0.281. The predicted molar refractivity (Wildman–Crippen MR) is 127 cm³/mol. The van der Waals surface area contributed by atoms with Gasteiger partial charge < -0.3 is 14.0 Å². The number of ether oxygens (including phenoxy) is 2. The highest BCUT2D eigenvalue weighted by Gasteiger charge is 2.11. The third kappa shape index (κ3) is 5.85. The maximum Gasteiger partial charge on any atom is 0.338 e. The van der Waals surface area contributed by atoms with Gasteiger partial charge in [-0.25, -0.2) is 10.2 Å². The van der Waals surface area contributed by atoms with Crippen molar-refractivity contribution in [2.24, 2.45) is 5.10 Å². The average Bonchev–Trinajstić information content (AvgIpc) is 3.06. The van der Waals surface area contributed by atoms with E-state index in [1.165, 1.54) is 0 Å². The molecule has 0 bridgehead atoms. The Morgan fingerprint density at radius 2 is 1.78 bits per heavy atom. The van der Waals surface area contributed by atoms with Gasteiger partial charge in [0.05, 0.1) is 18.4 Å². The van der Waals surface area contributed by atoms with Crippen molar-refractivity contribution in [3.05, 3.63) is 81.6 Å². The minimum atomic E-state index is -0.354. The zero-order chi connectivity index (χ0) is 23.1. The molecule has 0 aliphatic carbocycles. The van der Waals surface area contributed by atoms with Crippen LogP contribution in [0, 0.1) is 13.8 Å². The number of hydrazone groups is 1. The van der Waals surface area contributed by atoms with Crippen LogP contribution in [-0.2, 0) is 9.53 Å². The third-order valence-corrected chi connectivity index (χ3v) is 5.21. The summed E-state index contributed by atoms with van der Waals surface area (Å²) < 4.78 is 13.4. The van der Waals surface area contributed by atoms with Crippen molar-refractivity contribution in [3.8, 4) is 11.4 Å². The molecule has 0 saturated heterocycles. The molecule has 3 rings (SSSR count). The topological polar surface area (TPSA) is 81.9 Å². The van der Waals surface area contributed by atoms with Gasteiger partial charge >= 0.3 is 5.97 Å². The number of aromatic nitrogens is 1. The van der Waals surface area contributed by atoms with Crippen molar-refractivity contribution in [2.75, 3.05) is 13.2 Å². The molecule has 8 heteroatoms. The van der Waals surface area contributed by atoms with Crippen LogP contribution in [0.3, 0.4) is 0 Å². The summed E-state index contributed by atoms with van der Waals surface area (Å²) in [5.74, 6) is -0.0925. The van der Waals surface area contributed by atoms with Crippen LogP contribution in [0.25, 0.3) is 5.69 Å². The van der Waals surface area contributed by atoms with Crippen molar-refractivity contribution in [2.45, 2.75) is 20.8 Å². The lowest BCUT2D eigenvalue weighted by atomic mass is 10.2. The van der Waals surface area contributed by atoms with E-state index in [-0.39, 0.29) is 18.5 Å². The number of nitrogens with one attached hydrogen (secondary N) is 1. The molecule has 0 atom stereocenters. The molecule has 0 aliphatic rings. The SMILES string of the molecule is CCOC(=O)c1ccc(-n2c(C)cc(/C=N\NC(=O)COc3ccc(Br)cc3)c2C)cc1. The molecule has 7 nitrogen and oxygen atoms in total. The molecule has 0 spiro atoms. The molecule has 1 aromatic heterocycles. The highest BCUT2D eigenvalue weighted by Crippen LogP contribution is 2.20. The number of benzene rings is 2. The van der Waals surface area contributed by atoms with E-state index in [0.29, 0.717) is 17.9 Å². The molecular formula is C24H24BrN3O4. The molecular weight excluding hydrogens is 474 g/mol. The molecule has 1 heterocycles. The van der Waals surface area contributed by atoms with E-state index >= 15 is 0 Å². The van der Waals surface area contributed by atoms with Crippen molar-refractivity contribution in [1.29, 1.82) is 0 Å². The van der Waals surface area contributed by atoms with Gasteiger partial charge in [0.15, 0.2) is 6.61 Å². The summed E-state index contributed by atoms with van der Waals surface area (Å²) >= 11 is 3.35. The normalized spacial score (nSPS) is 10.9. The van der Waals surface area contributed by atoms with Crippen LogP contribution < -0.4 is 10.2 Å². The monoisotopic (exact) mass is 497 g/mol. The van der Waals surface area contributed by atoms with E-state index in [4.69, 9.17) is 9.47 Å². The number of aryl methyl sites for hydroxylation is 1. The Hall–Kier alpha value is -3.39. The minimum Gasteiger partial charge on any atom is -0.484 e. The average molecular weight is 498 g/mol. The van der Waals surface area contributed by atoms with Crippen LogP contribution >= 0.6 is 15.9 Å². The van der Waals surface area contributed by atoms with Crippen LogP contribution in [-0.4, -0.2) is 35.9 Å². The Labute approximate surface area is 195 Å². The molecule has 0 unspecified atom stereocenters. The number of carbonyl (C=O) groups excluding carboxylic acids is 2. The number of carbonyl (C=O) groups is 2. The Kier molecular flexibility index (Phi) is 7.83. The number of amides is 1. The van der Waals surface area contributed by atoms with Gasteiger partial charge in [0.25, 0.3) is 5.91 Å². The summed E-state index contributed by atoms with van der Waals surface area (Å²) in [6.07, 6.45) is 1.60. The second kappa shape index (κ2) is 10.8. The first-order chi connectivity index (χ1) is 15.4. The Balaban J connectivity index is 1.62. The van der Waals surface area contributed by atoms with Crippen LogP contribution in [0.1, 0.15) is 34.2 Å². The van der Waals surface area contributed by atoms with Gasteiger partial charge in [0, 0.05) is 27.1 Å². The van der Waals surface area contributed by atoms with Crippen molar-refractivity contribution >= 4 is 34.0 Å². The molecule has 0 radical (unpaired) electrons. The Morgan fingerprint density at radius 1 is 1.09 bits per heavy atom. The van der Waals surface area contributed by atoms with Crippen molar-refractivity contribution in [1.82, 2.24) is 9.99 Å². The number of hydrogen-bond donors (Lipinski definition) is 1. The van der Waals surface area contributed by atoms with E-state index in [0.717, 1.165) is 27.1 Å². The summed E-state index contributed by atoms with van der Waals surface area (Å²) in [7, 11) is 0. The van der Waals surface area contributed by atoms with Gasteiger partial charge in [-0.15, -0.1) is 0 Å². The minimum absolute atomic E-state index is 0.134. The fourth-order valence-corrected chi connectivity index (χ4v) is 3.43. The maximum atomic E-state index is 12.0. The summed E-state index contributed by atoms with van der Waals surface area (Å²) in [6.45, 7) is 5.93. The molecule has 0 saturated carbocycles. The fraction of sp³-hybridized carbons (Fsp3) is 0.208. The number of halogens is 1. The summed E-state index contributed by atoms with van der Waals surface area (Å²) in [4.78, 5) is 23.8. The van der Waals surface area contributed by atoms with E-state index in [2.05, 4.69) is 31.0 Å². The zero-order valence-electron chi connectivity index (χ0n) is 18.1. The standard InChI is InChI=1S/C24H24BrN3O4/c1-4-31-24(30)18-5-9-21(10-6-18)28-16(2)13-19(17(28)3)14-26-27-23(29)15-32-22-11-7-20(25)8-12-22/h5-14H,4,15H2,1-3H3,(H,27,29)/b26-14-. The number of esters is 1. The first-order valence-electron chi connectivity index (χ1n) is 10.1. The molecule has 0 fully saturated rings. The lowest BCUT2D eigenvalue weighted by Crippen LogP contribution is -2.24. The van der Waals surface area contributed by atoms with Crippen molar-refractivity contribution < 1.29 is 19.1 Å². The molecule has 1 amide bonds. The molecule has 32 heavy (non-hydrogen) atoms. The Morgan fingerprint density at radius 3 is 2.44 bits per heavy atom. The van der Waals surface area contributed by atoms with E-state index in [9.17, 15) is 9.59 Å². The van der Waals surface area contributed by atoms with Gasteiger partial charge in [-0.05, 0) is 75.4 Å². The van der Waals surface area contributed by atoms with Crippen LogP contribution in [0.15, 0.2) is 64.2 Å². The van der Waals surface area contributed by atoms with Gasteiger partial charge in [0.2, 0.25) is 0 Å².